The summed E-state index contributed by atoms with van der Waals surface area (Å²) in [5.74, 6) is -10.3. The number of carboxylic acids is 2. The van der Waals surface area contributed by atoms with Gasteiger partial charge in [-0.2, -0.15) is 0 Å². The van der Waals surface area contributed by atoms with Gasteiger partial charge in [0.1, 0.15) is 48.6 Å². The van der Waals surface area contributed by atoms with Crippen LogP contribution in [0.4, 0.5) is 0 Å². The Morgan fingerprint density at radius 1 is 0.551 bits per heavy atom. The topological polar surface area (TPSA) is 349 Å². The lowest BCUT2D eigenvalue weighted by atomic mass is 9.80. The Bertz CT molecular complexity index is 4160. The minimum Gasteiger partial charge on any atom is -0.490 e. The molecule has 2 fully saturated rings. The van der Waals surface area contributed by atoms with Crippen LogP contribution < -0.4 is 47.3 Å². The SMILES string of the molecule is CN[C@@H](C)C(=O)N[C@H](C(=O)N1C[C@@H]2C[C@H]1C(=O)N[C@@H](Cc1ccc3ccccc3c1)C(=O)N[C@H](C(=O)O)Cc1ccc(cc1)OC/C=C/CO[C@H]1C[C@@H](C(=O)N[C@@H](C(c3ccccc3)c3ccccc3)C(=O)C[C@H](C(=O)O)Cc3ccc(cc3)C(=O)N2)N(C(=O)[C@@H](NC(=O)[C@H](C)NC)C(C)(C)C)C1)C(C)(C)C. The van der Waals surface area contributed by atoms with E-state index < -0.39 is 161 Å². The molecule has 0 aromatic heterocycles. The number of rotatable bonds is 15. The standard InChI is InChI=1S/C82H100N10O15/c1-48(83-9)71(94)89-69(81(3,4)5)77(100)91-46-59-44-64(91)75(98)86-62(42-52-29-32-53-21-17-18-26-57(53)40-52)74(97)87-63(80(104)105)41-51-30-35-60(36-31-51)106-37-19-20-38-107-61-45-65(92(47-61)78(101)70(82(6,7)8)90-72(95)49(2)84-10)76(99)88-68(67(54-22-13-11-14-23-54)55-24-15-12-16-25-55)66(93)43-58(79(102)103)39-50-27-33-56(34-28-50)73(96)85-59/h11-36,40,48-49,58-59,61-65,67-70,83-84H,37-39,41-47H2,1-10H3,(H,85,96)(H,86,98)(H,87,97)(H,88,99)(H,89,94)(H,90,95)(H,102,103)(H,104,105)/b20-19+/t48-,49-,58+,59-,61-,62-,63-,64-,65-,68+,69+,70+/m0/s1. The molecule has 6 aliphatic rings. The van der Waals surface area contributed by atoms with Crippen LogP contribution in [0.5, 0.6) is 5.75 Å². The number of aliphatic carboxylic acids is 2. The van der Waals surface area contributed by atoms with Crippen molar-refractivity contribution < 1.29 is 72.4 Å². The van der Waals surface area contributed by atoms with Gasteiger partial charge >= 0.3 is 11.9 Å². The molecule has 6 heterocycles. The van der Waals surface area contributed by atoms with E-state index in [2.05, 4.69) is 42.5 Å². The normalized spacial score (nSPS) is 22.6. The molecule has 0 saturated carbocycles. The van der Waals surface area contributed by atoms with Crippen molar-refractivity contribution in [3.8, 4) is 5.75 Å². The van der Waals surface area contributed by atoms with Crippen LogP contribution in [0.1, 0.15) is 119 Å². The fourth-order valence-electron chi connectivity index (χ4n) is 13.7. The zero-order valence-electron chi connectivity index (χ0n) is 62.3. The van der Waals surface area contributed by atoms with Crippen LogP contribution in [0.25, 0.3) is 10.8 Å². The van der Waals surface area contributed by atoms with E-state index >= 15 is 24.0 Å². The summed E-state index contributed by atoms with van der Waals surface area (Å²) in [6.45, 7) is 13.6. The average molecular weight is 1470 g/mol. The monoisotopic (exact) mass is 1460 g/mol. The number of nitrogens with one attached hydrogen (secondary N) is 8. The Kier molecular flexibility index (Phi) is 27.2. The first-order valence-corrected chi connectivity index (χ1v) is 36.3. The van der Waals surface area contributed by atoms with Gasteiger partial charge in [0.05, 0.1) is 36.8 Å². The minimum absolute atomic E-state index is 0.00402. The van der Waals surface area contributed by atoms with E-state index in [-0.39, 0.29) is 64.0 Å². The van der Waals surface area contributed by atoms with Crippen molar-refractivity contribution in [1.29, 1.82) is 0 Å². The maximum Gasteiger partial charge on any atom is 0.326 e. The number of benzene rings is 6. The second kappa shape index (κ2) is 36.1. The van der Waals surface area contributed by atoms with E-state index in [1.807, 2.05) is 60.7 Å². The van der Waals surface area contributed by atoms with E-state index in [9.17, 15) is 39.0 Å². The predicted molar refractivity (Wildman–Crippen MR) is 403 cm³/mol. The number of Topliss-reactive ketones (excluding diaryl/α,β-unsaturated/α-hetero) is 1. The highest BCUT2D eigenvalue weighted by Gasteiger charge is 2.49. The number of likely N-dealkylation sites (tertiary alicyclic amines) is 2. The second-order valence-electron chi connectivity index (χ2n) is 30.1. The van der Waals surface area contributed by atoms with Gasteiger partial charge in [0.2, 0.25) is 41.4 Å². The van der Waals surface area contributed by atoms with Crippen molar-refractivity contribution in [2.24, 2.45) is 16.7 Å². The zero-order valence-corrected chi connectivity index (χ0v) is 62.3. The predicted octanol–water partition coefficient (Wildman–Crippen LogP) is 5.81. The van der Waals surface area contributed by atoms with Gasteiger partial charge in [-0.3, -0.25) is 47.9 Å². The van der Waals surface area contributed by atoms with Crippen LogP contribution in [0.15, 0.2) is 164 Å². The first-order valence-electron chi connectivity index (χ1n) is 36.3. The van der Waals surface area contributed by atoms with Gasteiger partial charge < -0.3 is 72.0 Å². The molecule has 12 atom stereocenters. The third kappa shape index (κ3) is 21.1. The van der Waals surface area contributed by atoms with E-state index in [4.69, 9.17) is 9.47 Å². The van der Waals surface area contributed by atoms with E-state index in [0.29, 0.717) is 33.6 Å². The fourth-order valence-corrected chi connectivity index (χ4v) is 13.7. The van der Waals surface area contributed by atoms with Crippen LogP contribution in [-0.2, 0) is 71.9 Å². The maximum absolute atomic E-state index is 15.5. The van der Waals surface area contributed by atoms with E-state index in [0.717, 1.165) is 10.8 Å². The van der Waals surface area contributed by atoms with Crippen LogP contribution in [-0.4, -0.2) is 192 Å². The Morgan fingerprint density at radius 3 is 1.64 bits per heavy atom. The molecular formula is C82H100N10O15. The maximum atomic E-state index is 15.5. The third-order valence-electron chi connectivity index (χ3n) is 20.1. The molecule has 25 heteroatoms. The molecule has 6 aromatic carbocycles. The van der Waals surface area contributed by atoms with Crippen molar-refractivity contribution >= 4 is 75.8 Å². The van der Waals surface area contributed by atoms with Crippen molar-refractivity contribution in [1.82, 2.24) is 52.3 Å². The first kappa shape index (κ1) is 80.5. The van der Waals surface area contributed by atoms with Gasteiger partial charge in [-0.25, -0.2) is 4.79 Å². The van der Waals surface area contributed by atoms with Crippen molar-refractivity contribution in [3.63, 3.8) is 0 Å². The zero-order chi connectivity index (χ0) is 77.4. The van der Waals surface area contributed by atoms with Gasteiger partial charge in [0.25, 0.3) is 5.91 Å². The Labute approximate surface area is 624 Å². The van der Waals surface area contributed by atoms with Gasteiger partial charge in [-0.15, -0.1) is 0 Å². The molecule has 568 valence electrons. The molecule has 107 heavy (non-hydrogen) atoms. The van der Waals surface area contributed by atoms with Crippen molar-refractivity contribution in [2.75, 3.05) is 40.4 Å². The molecule has 12 rings (SSSR count). The summed E-state index contributed by atoms with van der Waals surface area (Å²) in [7, 11) is 3.20. The minimum atomic E-state index is -1.51. The number of likely N-dealkylation sites (N-methyl/N-ethyl adjacent to an activating group) is 2. The number of hydrogen-bond donors (Lipinski definition) is 10. The number of fused-ring (bicyclic) bond motifs is 1. The summed E-state index contributed by atoms with van der Waals surface area (Å²) in [5, 5.41) is 46.5. The molecule has 2 saturated heterocycles. The lowest BCUT2D eigenvalue weighted by Crippen LogP contribution is -2.61. The average Bonchev–Trinajstić information content (AvgIpc) is 1.75. The number of ether oxygens (including phenoxy) is 2. The molecule has 6 aromatic rings. The Morgan fingerprint density at radius 2 is 1.07 bits per heavy atom. The number of amides is 8. The van der Waals surface area contributed by atoms with E-state index in [1.54, 1.807) is 161 Å². The number of carbonyl (C=O) groups excluding carboxylic acids is 9. The van der Waals surface area contributed by atoms with Crippen LogP contribution >= 0.6 is 0 Å². The molecule has 0 aliphatic carbocycles. The Hall–Kier alpha value is -10.6. The highest BCUT2D eigenvalue weighted by Crippen LogP contribution is 2.34. The van der Waals surface area contributed by atoms with Crippen LogP contribution in [0.3, 0.4) is 0 Å². The summed E-state index contributed by atoms with van der Waals surface area (Å²) in [6, 6.07) is 32.0. The molecule has 6 aliphatic heterocycles. The smallest absolute Gasteiger partial charge is 0.326 e. The number of nitrogens with zero attached hydrogens (tertiary/aromatic N) is 2. The number of ketones is 1. The summed E-state index contributed by atoms with van der Waals surface area (Å²) in [4.78, 5) is 162. The molecular weight excluding hydrogens is 1360 g/mol. The van der Waals surface area contributed by atoms with Crippen LogP contribution in [0.2, 0.25) is 0 Å². The summed E-state index contributed by atoms with van der Waals surface area (Å²) in [5.41, 5.74) is 1.10. The highest BCUT2D eigenvalue weighted by molar-refractivity contribution is 6.00. The summed E-state index contributed by atoms with van der Waals surface area (Å²) in [6.07, 6.45) is 1.35. The summed E-state index contributed by atoms with van der Waals surface area (Å²) >= 11 is 0. The quantitative estimate of drug-likeness (QED) is 0.0542. The molecule has 0 unspecified atom stereocenters. The van der Waals surface area contributed by atoms with Gasteiger partial charge in [0, 0.05) is 56.3 Å². The van der Waals surface area contributed by atoms with Crippen molar-refractivity contribution in [2.45, 2.75) is 166 Å². The molecule has 0 radical (unpaired) electrons. The van der Waals surface area contributed by atoms with Crippen molar-refractivity contribution in [3.05, 3.63) is 197 Å². The van der Waals surface area contributed by atoms with Gasteiger partial charge in [-0.1, -0.05) is 175 Å². The van der Waals surface area contributed by atoms with Crippen LogP contribution in [0, 0.1) is 16.7 Å². The largest absolute Gasteiger partial charge is 0.490 e. The fraction of sp³-hybridized carbons (Fsp3) is 0.427. The number of carbonyl (C=O) groups is 11. The number of hydrogen-bond acceptors (Lipinski definition) is 15. The molecule has 0 spiro atoms. The highest BCUT2D eigenvalue weighted by atomic mass is 16.5. The van der Waals surface area contributed by atoms with E-state index in [1.165, 1.54) is 21.9 Å². The number of carboxylic acid groups (broad SMARTS) is 2. The lowest BCUT2D eigenvalue weighted by molar-refractivity contribution is -0.145. The molecule has 10 N–H and O–H groups in total. The second-order valence-corrected chi connectivity index (χ2v) is 30.1. The first-order chi connectivity index (χ1) is 50.9. The molecule has 8 bridgehead atoms. The van der Waals surface area contributed by atoms with Gasteiger partial charge in [-0.05, 0) is 121 Å². The Balaban J connectivity index is 1.08. The molecule has 25 nitrogen and oxygen atoms in total. The summed E-state index contributed by atoms with van der Waals surface area (Å²) < 4.78 is 12.4. The molecule has 8 amide bonds. The lowest BCUT2D eigenvalue weighted by Gasteiger charge is -2.36. The van der Waals surface area contributed by atoms with Gasteiger partial charge in [0.15, 0.2) is 5.78 Å². The third-order valence-corrected chi connectivity index (χ3v) is 20.1.